The lowest BCUT2D eigenvalue weighted by molar-refractivity contribution is -0.138. The lowest BCUT2D eigenvalue weighted by atomic mass is 10.0. The first kappa shape index (κ1) is 14.2. The Morgan fingerprint density at radius 2 is 2.10 bits per heavy atom. The molecule has 0 fully saturated rings. The Labute approximate surface area is 118 Å². The van der Waals surface area contributed by atoms with Crippen LogP contribution in [-0.2, 0) is 4.79 Å². The molecule has 0 radical (unpaired) electrons. The van der Waals surface area contributed by atoms with E-state index < -0.39 is 12.0 Å². The van der Waals surface area contributed by atoms with Crippen LogP contribution in [0.25, 0.3) is 10.9 Å². The van der Waals surface area contributed by atoms with E-state index in [0.717, 1.165) is 16.5 Å². The molecule has 0 saturated carbocycles. The number of carboxylic acid groups (broad SMARTS) is 1. The number of nitrogens with zero attached hydrogens (tertiary/aromatic N) is 2. The summed E-state index contributed by atoms with van der Waals surface area (Å²) in [5.74, 6) is 0.0120. The van der Waals surface area contributed by atoms with Gasteiger partial charge in [0, 0.05) is 5.39 Å². The molecule has 0 saturated heterocycles. The van der Waals surface area contributed by atoms with Gasteiger partial charge in [-0.05, 0) is 30.9 Å². The van der Waals surface area contributed by atoms with Crippen molar-refractivity contribution in [1.29, 1.82) is 0 Å². The number of aromatic nitrogens is 2. The summed E-state index contributed by atoms with van der Waals surface area (Å²) in [6, 6.07) is 5.15. The summed E-state index contributed by atoms with van der Waals surface area (Å²) in [4.78, 5) is 19.8. The van der Waals surface area contributed by atoms with E-state index in [9.17, 15) is 9.90 Å². The van der Waals surface area contributed by atoms with Crippen LogP contribution in [0.3, 0.4) is 0 Å². The van der Waals surface area contributed by atoms with Crippen molar-refractivity contribution in [2.75, 3.05) is 5.32 Å². The normalized spacial score (nSPS) is 12.6. The van der Waals surface area contributed by atoms with Crippen LogP contribution in [0.15, 0.2) is 24.5 Å². The summed E-state index contributed by atoms with van der Waals surface area (Å²) in [5.41, 5.74) is 1.84. The van der Waals surface area contributed by atoms with Crippen molar-refractivity contribution in [2.24, 2.45) is 5.92 Å². The monoisotopic (exact) mass is 273 g/mol. The molecule has 0 amide bonds. The predicted molar refractivity (Wildman–Crippen MR) is 78.8 cm³/mol. The van der Waals surface area contributed by atoms with E-state index in [0.29, 0.717) is 12.2 Å². The van der Waals surface area contributed by atoms with Crippen molar-refractivity contribution < 1.29 is 9.90 Å². The first-order valence-electron chi connectivity index (χ1n) is 6.68. The molecule has 1 atom stereocenters. The van der Waals surface area contributed by atoms with Gasteiger partial charge >= 0.3 is 5.97 Å². The molecule has 1 aromatic heterocycles. The third kappa shape index (κ3) is 3.04. The average molecular weight is 273 g/mol. The fourth-order valence-electron chi connectivity index (χ4n) is 2.25. The predicted octanol–water partition coefficient (Wildman–Crippen LogP) is 2.85. The van der Waals surface area contributed by atoms with Gasteiger partial charge in [-0.1, -0.05) is 26.0 Å². The molecule has 0 aliphatic carbocycles. The molecule has 20 heavy (non-hydrogen) atoms. The van der Waals surface area contributed by atoms with Gasteiger partial charge in [-0.3, -0.25) is 0 Å². The van der Waals surface area contributed by atoms with Crippen molar-refractivity contribution in [3.05, 3.63) is 30.1 Å². The number of hydrogen-bond acceptors (Lipinski definition) is 4. The van der Waals surface area contributed by atoms with Crippen LogP contribution >= 0.6 is 0 Å². The van der Waals surface area contributed by atoms with Gasteiger partial charge in [-0.2, -0.15) is 0 Å². The van der Waals surface area contributed by atoms with Gasteiger partial charge in [-0.15, -0.1) is 0 Å². The molecule has 106 valence electrons. The van der Waals surface area contributed by atoms with Gasteiger partial charge in [0.2, 0.25) is 0 Å². The van der Waals surface area contributed by atoms with Crippen molar-refractivity contribution in [3.63, 3.8) is 0 Å². The fourth-order valence-corrected chi connectivity index (χ4v) is 2.25. The SMILES string of the molecule is Cc1cccc2ncnc(NC(CC(C)C)C(=O)O)c12. The molecule has 1 unspecified atom stereocenters. The van der Waals surface area contributed by atoms with E-state index >= 15 is 0 Å². The zero-order valence-corrected chi connectivity index (χ0v) is 11.9. The molecule has 2 N–H and O–H groups in total. The minimum absolute atomic E-state index is 0.290. The van der Waals surface area contributed by atoms with E-state index in [1.54, 1.807) is 0 Å². The van der Waals surface area contributed by atoms with Gasteiger partial charge < -0.3 is 10.4 Å². The minimum atomic E-state index is -0.862. The van der Waals surface area contributed by atoms with Gasteiger partial charge in [0.05, 0.1) is 5.52 Å². The maximum absolute atomic E-state index is 11.4. The van der Waals surface area contributed by atoms with Crippen molar-refractivity contribution >= 4 is 22.7 Å². The minimum Gasteiger partial charge on any atom is -0.480 e. The average Bonchev–Trinajstić information content (AvgIpc) is 2.37. The summed E-state index contributed by atoms with van der Waals surface area (Å²) < 4.78 is 0. The smallest absolute Gasteiger partial charge is 0.326 e. The third-order valence-electron chi connectivity index (χ3n) is 3.19. The number of hydrogen-bond donors (Lipinski definition) is 2. The van der Waals surface area contributed by atoms with Crippen LogP contribution in [-0.4, -0.2) is 27.1 Å². The van der Waals surface area contributed by atoms with E-state index in [1.165, 1.54) is 6.33 Å². The van der Waals surface area contributed by atoms with Crippen molar-refractivity contribution in [2.45, 2.75) is 33.2 Å². The van der Waals surface area contributed by atoms with E-state index in [4.69, 9.17) is 0 Å². The molecule has 5 nitrogen and oxygen atoms in total. The largest absolute Gasteiger partial charge is 0.480 e. The van der Waals surface area contributed by atoms with Crippen LogP contribution in [0.4, 0.5) is 5.82 Å². The Bertz CT molecular complexity index is 620. The van der Waals surface area contributed by atoms with E-state index in [1.807, 2.05) is 39.0 Å². The number of fused-ring (bicyclic) bond motifs is 1. The van der Waals surface area contributed by atoms with E-state index in [-0.39, 0.29) is 5.92 Å². The van der Waals surface area contributed by atoms with Crippen LogP contribution in [0, 0.1) is 12.8 Å². The molecule has 1 heterocycles. The Kier molecular flexibility index (Phi) is 4.17. The van der Waals surface area contributed by atoms with E-state index in [2.05, 4.69) is 15.3 Å². The molecule has 0 bridgehead atoms. The first-order chi connectivity index (χ1) is 9.49. The van der Waals surface area contributed by atoms with Gasteiger partial charge in [0.1, 0.15) is 18.2 Å². The molecule has 0 aliphatic rings. The molecular formula is C15H19N3O2. The summed E-state index contributed by atoms with van der Waals surface area (Å²) in [5, 5.41) is 13.2. The number of carboxylic acids is 1. The number of anilines is 1. The topological polar surface area (TPSA) is 75.1 Å². The molecule has 5 heteroatoms. The molecule has 0 spiro atoms. The number of benzene rings is 1. The highest BCUT2D eigenvalue weighted by Gasteiger charge is 2.20. The summed E-state index contributed by atoms with van der Waals surface area (Å²) in [6.45, 7) is 5.97. The highest BCUT2D eigenvalue weighted by atomic mass is 16.4. The zero-order valence-electron chi connectivity index (χ0n) is 11.9. The highest BCUT2D eigenvalue weighted by molar-refractivity contribution is 5.93. The fraction of sp³-hybridized carbons (Fsp3) is 0.400. The number of aliphatic carboxylic acids is 1. The number of carbonyl (C=O) groups is 1. The lowest BCUT2D eigenvalue weighted by Crippen LogP contribution is -2.31. The molecule has 1 aromatic carbocycles. The Morgan fingerprint density at radius 1 is 1.35 bits per heavy atom. The van der Waals surface area contributed by atoms with Gasteiger partial charge in [-0.25, -0.2) is 14.8 Å². The Morgan fingerprint density at radius 3 is 2.75 bits per heavy atom. The molecule has 2 aromatic rings. The van der Waals surface area contributed by atoms with Crippen molar-refractivity contribution in [1.82, 2.24) is 9.97 Å². The summed E-state index contributed by atoms with van der Waals surface area (Å²) >= 11 is 0. The van der Waals surface area contributed by atoms with Gasteiger partial charge in [0.15, 0.2) is 0 Å². The molecule has 2 rings (SSSR count). The maximum atomic E-state index is 11.4. The van der Waals surface area contributed by atoms with Crippen LogP contribution in [0.5, 0.6) is 0 Å². The molecular weight excluding hydrogens is 254 g/mol. The van der Waals surface area contributed by atoms with Crippen molar-refractivity contribution in [3.8, 4) is 0 Å². The zero-order chi connectivity index (χ0) is 14.7. The van der Waals surface area contributed by atoms with Crippen LogP contribution in [0.1, 0.15) is 25.8 Å². The first-order valence-corrected chi connectivity index (χ1v) is 6.68. The number of nitrogens with one attached hydrogen (secondary N) is 1. The second kappa shape index (κ2) is 5.86. The Hall–Kier alpha value is -2.17. The third-order valence-corrected chi connectivity index (χ3v) is 3.19. The van der Waals surface area contributed by atoms with Crippen LogP contribution < -0.4 is 5.32 Å². The summed E-state index contributed by atoms with van der Waals surface area (Å²) in [7, 11) is 0. The second-order valence-corrected chi connectivity index (χ2v) is 5.36. The standard InChI is InChI=1S/C15H19N3O2/c1-9(2)7-12(15(19)20)18-14-13-10(3)5-4-6-11(13)16-8-17-14/h4-6,8-9,12H,7H2,1-3H3,(H,19,20)(H,16,17,18). The quantitative estimate of drug-likeness (QED) is 0.876. The summed E-state index contributed by atoms with van der Waals surface area (Å²) in [6.07, 6.45) is 2.01. The number of rotatable bonds is 5. The van der Waals surface area contributed by atoms with Gasteiger partial charge in [0.25, 0.3) is 0 Å². The lowest BCUT2D eigenvalue weighted by Gasteiger charge is -2.18. The number of aryl methyl sites for hydroxylation is 1. The Balaban J connectivity index is 2.39. The molecule has 0 aliphatic heterocycles. The maximum Gasteiger partial charge on any atom is 0.326 e. The highest BCUT2D eigenvalue weighted by Crippen LogP contribution is 2.24. The van der Waals surface area contributed by atoms with Crippen LogP contribution in [0.2, 0.25) is 0 Å². The second-order valence-electron chi connectivity index (χ2n) is 5.36.